The minimum Gasteiger partial charge on any atom is -0.424 e. The van der Waals surface area contributed by atoms with Gasteiger partial charge in [-0.25, -0.2) is 23.5 Å². The van der Waals surface area contributed by atoms with Gasteiger partial charge in [-0.2, -0.15) is 0 Å². The molecule has 7 nitrogen and oxygen atoms in total. The Morgan fingerprint density at radius 2 is 1.94 bits per heavy atom. The van der Waals surface area contributed by atoms with Crippen LogP contribution in [0.3, 0.4) is 0 Å². The normalized spacial score (nSPS) is 10.8. The van der Waals surface area contributed by atoms with E-state index in [1.54, 1.807) is 31.2 Å². The summed E-state index contributed by atoms with van der Waals surface area (Å²) in [6.45, 7) is 4.61. The molecule has 0 spiro atoms. The molecule has 4 aromatic rings. The summed E-state index contributed by atoms with van der Waals surface area (Å²) in [5.41, 5.74) is 0.420. The summed E-state index contributed by atoms with van der Waals surface area (Å²) in [7, 11) is 0. The van der Waals surface area contributed by atoms with Gasteiger partial charge in [-0.1, -0.05) is 18.7 Å². The molecule has 4 rings (SSSR count). The maximum Gasteiger partial charge on any atom is 0.340 e. The number of benzene rings is 2. The Hall–Kier alpha value is -4.40. The largest absolute Gasteiger partial charge is 0.424 e. The molecule has 0 atom stereocenters. The number of anilines is 1. The molecule has 0 saturated heterocycles. The van der Waals surface area contributed by atoms with Gasteiger partial charge in [0.2, 0.25) is 0 Å². The highest BCUT2D eigenvalue weighted by molar-refractivity contribution is 6.01. The number of rotatable bonds is 6. The van der Waals surface area contributed by atoms with Crippen molar-refractivity contribution in [3.63, 3.8) is 0 Å². The van der Waals surface area contributed by atoms with Gasteiger partial charge in [0.15, 0.2) is 5.83 Å². The van der Waals surface area contributed by atoms with Gasteiger partial charge in [-0.05, 0) is 42.3 Å². The van der Waals surface area contributed by atoms with Crippen molar-refractivity contribution in [1.29, 1.82) is 0 Å². The van der Waals surface area contributed by atoms with E-state index in [4.69, 9.17) is 9.15 Å². The van der Waals surface area contributed by atoms with Crippen LogP contribution in [-0.4, -0.2) is 15.9 Å². The molecule has 166 valence electrons. The molecule has 0 saturated carbocycles. The first-order valence-electron chi connectivity index (χ1n) is 9.78. The van der Waals surface area contributed by atoms with Crippen LogP contribution in [0, 0.1) is 12.7 Å². The molecule has 33 heavy (non-hydrogen) atoms. The number of aryl methyl sites for hydroxylation is 1. The van der Waals surface area contributed by atoms with Crippen LogP contribution >= 0.6 is 0 Å². The number of aromatic nitrogens is 2. The molecule has 0 fully saturated rings. The van der Waals surface area contributed by atoms with Crippen LogP contribution in [-0.2, 0) is 11.2 Å². The van der Waals surface area contributed by atoms with Gasteiger partial charge in [0.25, 0.3) is 5.91 Å². The van der Waals surface area contributed by atoms with Crippen molar-refractivity contribution in [3.8, 4) is 11.8 Å². The summed E-state index contributed by atoms with van der Waals surface area (Å²) in [5.74, 6) is -2.79. The van der Waals surface area contributed by atoms with Crippen molar-refractivity contribution < 1.29 is 22.7 Å². The van der Waals surface area contributed by atoms with E-state index >= 15 is 0 Å². The second kappa shape index (κ2) is 8.99. The van der Waals surface area contributed by atoms with Crippen molar-refractivity contribution >= 4 is 22.6 Å². The van der Waals surface area contributed by atoms with E-state index in [-0.39, 0.29) is 34.8 Å². The number of hydrogen-bond acceptors (Lipinski definition) is 6. The Morgan fingerprint density at radius 1 is 1.18 bits per heavy atom. The number of ether oxygens (including phenoxy) is 1. The van der Waals surface area contributed by atoms with Gasteiger partial charge >= 0.3 is 11.6 Å². The van der Waals surface area contributed by atoms with E-state index in [1.807, 2.05) is 0 Å². The predicted octanol–water partition coefficient (Wildman–Crippen LogP) is 4.84. The molecule has 0 unspecified atom stereocenters. The molecule has 1 amide bonds. The number of amides is 1. The standard InChI is InChI=1S/C24H17F2N3O4/c1-13-17-8-7-16(32-24-27-9-4-10-28-24)12-20(17)33-23(31)18(13)11-15-5-3-6-19(21(15)26)29-22(30)14(2)25/h3-10,12H,2,11H2,1H3,(H,29,30). The average molecular weight is 449 g/mol. The molecule has 2 aromatic carbocycles. The van der Waals surface area contributed by atoms with Gasteiger partial charge in [-0.3, -0.25) is 4.79 Å². The van der Waals surface area contributed by atoms with Gasteiger partial charge in [-0.15, -0.1) is 0 Å². The number of carbonyl (C=O) groups excluding carboxylic acids is 1. The van der Waals surface area contributed by atoms with Gasteiger partial charge in [0.1, 0.15) is 17.1 Å². The molecule has 1 N–H and O–H groups in total. The summed E-state index contributed by atoms with van der Waals surface area (Å²) < 4.78 is 38.9. The molecule has 2 aromatic heterocycles. The first-order valence-corrected chi connectivity index (χ1v) is 9.78. The van der Waals surface area contributed by atoms with E-state index in [0.29, 0.717) is 16.7 Å². The molecular weight excluding hydrogens is 432 g/mol. The van der Waals surface area contributed by atoms with Crippen LogP contribution in [0.4, 0.5) is 14.5 Å². The lowest BCUT2D eigenvalue weighted by atomic mass is 9.99. The minimum absolute atomic E-state index is 0.0909. The highest BCUT2D eigenvalue weighted by atomic mass is 19.1. The van der Waals surface area contributed by atoms with Gasteiger partial charge in [0.05, 0.1) is 5.69 Å². The number of carbonyl (C=O) groups is 1. The molecule has 0 bridgehead atoms. The van der Waals surface area contributed by atoms with E-state index in [9.17, 15) is 18.4 Å². The van der Waals surface area contributed by atoms with Crippen LogP contribution < -0.4 is 15.7 Å². The lowest BCUT2D eigenvalue weighted by Crippen LogP contribution is -2.15. The van der Waals surface area contributed by atoms with E-state index in [2.05, 4.69) is 21.9 Å². The molecule has 0 aliphatic rings. The molecule has 9 heteroatoms. The zero-order valence-electron chi connectivity index (χ0n) is 17.4. The zero-order chi connectivity index (χ0) is 23.5. The van der Waals surface area contributed by atoms with E-state index < -0.39 is 23.2 Å². The third-order valence-electron chi connectivity index (χ3n) is 4.95. The third-order valence-corrected chi connectivity index (χ3v) is 4.95. The van der Waals surface area contributed by atoms with E-state index in [1.165, 1.54) is 30.6 Å². The summed E-state index contributed by atoms with van der Waals surface area (Å²) in [4.78, 5) is 32.2. The SMILES string of the molecule is C=C(F)C(=O)Nc1cccc(Cc2c(C)c3ccc(Oc4ncccn4)cc3oc2=O)c1F. The fourth-order valence-corrected chi connectivity index (χ4v) is 3.28. The second-order valence-electron chi connectivity index (χ2n) is 7.10. The lowest BCUT2D eigenvalue weighted by molar-refractivity contribution is -0.114. The summed E-state index contributed by atoms with van der Waals surface area (Å²) >= 11 is 0. The zero-order valence-corrected chi connectivity index (χ0v) is 17.4. The number of hydrogen-bond donors (Lipinski definition) is 1. The van der Waals surface area contributed by atoms with Crippen LogP contribution in [0.25, 0.3) is 11.0 Å². The molecule has 2 heterocycles. The molecule has 0 radical (unpaired) electrons. The number of halogens is 2. The van der Waals surface area contributed by atoms with Crippen LogP contribution in [0.5, 0.6) is 11.8 Å². The van der Waals surface area contributed by atoms with Crippen molar-refractivity contribution in [2.45, 2.75) is 13.3 Å². The van der Waals surface area contributed by atoms with Crippen LogP contribution in [0.1, 0.15) is 16.7 Å². The predicted molar refractivity (Wildman–Crippen MR) is 117 cm³/mol. The topological polar surface area (TPSA) is 94.3 Å². The Balaban J connectivity index is 1.66. The maximum absolute atomic E-state index is 14.9. The smallest absolute Gasteiger partial charge is 0.340 e. The Labute approximate surface area is 186 Å². The fraction of sp³-hybridized carbons (Fsp3) is 0.0833. The van der Waals surface area contributed by atoms with Crippen molar-refractivity contribution in [2.24, 2.45) is 0 Å². The minimum atomic E-state index is -1.24. The van der Waals surface area contributed by atoms with Crippen molar-refractivity contribution in [2.75, 3.05) is 5.32 Å². The molecule has 0 aliphatic heterocycles. The third kappa shape index (κ3) is 4.62. The van der Waals surface area contributed by atoms with Gasteiger partial charge in [0, 0.05) is 35.8 Å². The maximum atomic E-state index is 14.9. The Kier molecular flexibility index (Phi) is 5.95. The average Bonchev–Trinajstić information content (AvgIpc) is 2.79. The van der Waals surface area contributed by atoms with Crippen molar-refractivity contribution in [1.82, 2.24) is 9.97 Å². The summed E-state index contributed by atoms with van der Waals surface area (Å²) in [6.07, 6.45) is 2.98. The highest BCUT2D eigenvalue weighted by Gasteiger charge is 2.17. The second-order valence-corrected chi connectivity index (χ2v) is 7.10. The summed E-state index contributed by atoms with van der Waals surface area (Å²) in [6, 6.07) is 11.0. The molecular formula is C24H17F2N3O4. The number of nitrogens with zero attached hydrogens (tertiary/aromatic N) is 2. The van der Waals surface area contributed by atoms with E-state index in [0.717, 1.165) is 0 Å². The van der Waals surface area contributed by atoms with Crippen molar-refractivity contribution in [3.05, 3.63) is 100 Å². The van der Waals surface area contributed by atoms with Crippen LogP contribution in [0.15, 0.2) is 76.5 Å². The van der Waals surface area contributed by atoms with Crippen LogP contribution in [0.2, 0.25) is 0 Å². The number of fused-ring (bicyclic) bond motifs is 1. The van der Waals surface area contributed by atoms with Gasteiger partial charge < -0.3 is 14.5 Å². The number of nitrogens with one attached hydrogen (secondary N) is 1. The highest BCUT2D eigenvalue weighted by Crippen LogP contribution is 2.28. The quantitative estimate of drug-likeness (QED) is 0.335. The monoisotopic (exact) mass is 449 g/mol. The Morgan fingerprint density at radius 3 is 2.67 bits per heavy atom. The summed E-state index contributed by atoms with van der Waals surface area (Å²) in [5, 5.41) is 2.75. The first-order chi connectivity index (χ1) is 15.8. The Bertz CT molecular complexity index is 1440. The molecule has 0 aliphatic carbocycles. The fourth-order valence-electron chi connectivity index (χ4n) is 3.28. The lowest BCUT2D eigenvalue weighted by Gasteiger charge is -2.12. The first kappa shape index (κ1) is 21.8.